The van der Waals surface area contributed by atoms with Gasteiger partial charge >= 0.3 is 6.03 Å². The van der Waals surface area contributed by atoms with Gasteiger partial charge in [-0.05, 0) is 69.8 Å². The summed E-state index contributed by atoms with van der Waals surface area (Å²) >= 11 is 0. The number of nitrogens with two attached hydrogens (primary N) is 1. The molecule has 3 aromatic carbocycles. The van der Waals surface area contributed by atoms with Crippen LogP contribution in [0.4, 0.5) is 21.9 Å². The van der Waals surface area contributed by atoms with Crippen molar-refractivity contribution < 1.29 is 24.2 Å². The van der Waals surface area contributed by atoms with Crippen molar-refractivity contribution in [2.75, 3.05) is 43.1 Å². The molecule has 0 saturated heterocycles. The van der Waals surface area contributed by atoms with E-state index < -0.39 is 12.1 Å². The van der Waals surface area contributed by atoms with Crippen LogP contribution in [0.5, 0.6) is 5.75 Å². The van der Waals surface area contributed by atoms with Gasteiger partial charge in [0.15, 0.2) is 5.75 Å². The normalized spacial score (nSPS) is 17.2. The second kappa shape index (κ2) is 14.9. The van der Waals surface area contributed by atoms with Gasteiger partial charge in [-0.15, -0.1) is 0 Å². The first kappa shape index (κ1) is 33.3. The van der Waals surface area contributed by atoms with Crippen molar-refractivity contribution in [3.8, 4) is 5.75 Å². The molecule has 11 heteroatoms. The Morgan fingerprint density at radius 1 is 1.02 bits per heavy atom. The number of carbonyl (C=O) groups is 3. The summed E-state index contributed by atoms with van der Waals surface area (Å²) in [5.74, 6) is -0.313. The molecule has 1 aliphatic heterocycles. The standard InChI is InChI=1S/C34H44N6O5/c1-21(2)36-34(44)38-29-12-8-9-26-31(29)45-30(22(3)17-40(33(26)43)23(4)20-41)19-39(5)18-24-13-15-25(16-14-24)32(42)37-28-11-7-6-10-27(28)35/h6-16,21-23,30,41H,17-20,35H2,1-5H3,(H,37,42)(H2,36,38,44)/t22-,23+,30-/m1/s1. The number of rotatable bonds is 10. The van der Waals surface area contributed by atoms with E-state index in [9.17, 15) is 19.5 Å². The number of benzene rings is 3. The highest BCUT2D eigenvalue weighted by molar-refractivity contribution is 6.05. The van der Waals surface area contributed by atoms with Crippen LogP contribution in [0.25, 0.3) is 0 Å². The molecule has 0 bridgehead atoms. The molecule has 4 amide bonds. The molecule has 1 aliphatic rings. The average molecular weight is 617 g/mol. The summed E-state index contributed by atoms with van der Waals surface area (Å²) in [5, 5.41) is 18.4. The zero-order valence-electron chi connectivity index (χ0n) is 26.5. The van der Waals surface area contributed by atoms with Crippen LogP contribution in [0.3, 0.4) is 0 Å². The smallest absolute Gasteiger partial charge is 0.319 e. The average Bonchev–Trinajstić information content (AvgIpc) is 3.00. The predicted octanol–water partition coefficient (Wildman–Crippen LogP) is 4.40. The zero-order chi connectivity index (χ0) is 32.7. The van der Waals surface area contributed by atoms with E-state index in [1.165, 1.54) is 0 Å². The van der Waals surface area contributed by atoms with Crippen LogP contribution in [-0.2, 0) is 6.54 Å². The summed E-state index contributed by atoms with van der Waals surface area (Å²) in [5.41, 5.74) is 9.26. The number of fused-ring (bicyclic) bond motifs is 1. The molecule has 45 heavy (non-hydrogen) atoms. The van der Waals surface area contributed by atoms with Gasteiger partial charge in [0.25, 0.3) is 11.8 Å². The summed E-state index contributed by atoms with van der Waals surface area (Å²) in [6.45, 7) is 8.85. The van der Waals surface area contributed by atoms with Crippen molar-refractivity contribution in [1.29, 1.82) is 0 Å². The Labute approximate surface area is 264 Å². The molecular weight excluding hydrogens is 572 g/mol. The van der Waals surface area contributed by atoms with E-state index in [4.69, 9.17) is 10.5 Å². The monoisotopic (exact) mass is 616 g/mol. The van der Waals surface area contributed by atoms with Crippen molar-refractivity contribution >= 4 is 34.9 Å². The molecule has 0 aromatic heterocycles. The predicted molar refractivity (Wildman–Crippen MR) is 176 cm³/mol. The third kappa shape index (κ3) is 8.52. The maximum Gasteiger partial charge on any atom is 0.319 e. The van der Waals surface area contributed by atoms with Crippen molar-refractivity contribution in [2.24, 2.45) is 5.92 Å². The van der Waals surface area contributed by atoms with E-state index in [2.05, 4.69) is 20.9 Å². The third-order valence-corrected chi connectivity index (χ3v) is 7.73. The van der Waals surface area contributed by atoms with Crippen molar-refractivity contribution in [3.05, 3.63) is 83.4 Å². The molecule has 0 unspecified atom stereocenters. The number of nitrogen functional groups attached to an aromatic ring is 1. The molecule has 1 heterocycles. The number of para-hydroxylation sites is 3. The number of urea groups is 1. The summed E-state index contributed by atoms with van der Waals surface area (Å²) in [6, 6.07) is 18.7. The Kier molecular flexibility index (Phi) is 11.0. The molecule has 11 nitrogen and oxygen atoms in total. The number of hydrogen-bond acceptors (Lipinski definition) is 7. The molecule has 0 saturated carbocycles. The molecule has 0 aliphatic carbocycles. The highest BCUT2D eigenvalue weighted by Gasteiger charge is 2.34. The lowest BCUT2D eigenvalue weighted by Gasteiger charge is -2.38. The SMILES string of the molecule is CC(C)NC(=O)Nc1cccc2c1O[C@H](CN(C)Cc1ccc(C(=O)Nc3ccccc3N)cc1)[C@H](C)CN([C@@H](C)CO)C2=O. The van der Waals surface area contributed by atoms with E-state index >= 15 is 0 Å². The fourth-order valence-corrected chi connectivity index (χ4v) is 5.23. The zero-order valence-corrected chi connectivity index (χ0v) is 26.5. The Balaban J connectivity index is 1.52. The Bertz CT molecular complexity index is 1490. The van der Waals surface area contributed by atoms with Crippen molar-refractivity contribution in [1.82, 2.24) is 15.1 Å². The van der Waals surface area contributed by atoms with Gasteiger partial charge in [0.1, 0.15) is 6.10 Å². The number of anilines is 3. The summed E-state index contributed by atoms with van der Waals surface area (Å²) in [4.78, 5) is 42.8. The van der Waals surface area contributed by atoms with Gasteiger partial charge in [-0.3, -0.25) is 14.5 Å². The molecule has 0 radical (unpaired) electrons. The summed E-state index contributed by atoms with van der Waals surface area (Å²) in [7, 11) is 1.98. The quantitative estimate of drug-likeness (QED) is 0.212. The molecule has 0 fully saturated rings. The maximum absolute atomic E-state index is 13.7. The fourth-order valence-electron chi connectivity index (χ4n) is 5.23. The van der Waals surface area contributed by atoms with Crippen LogP contribution in [0, 0.1) is 5.92 Å². The van der Waals surface area contributed by atoms with Crippen LogP contribution in [0.2, 0.25) is 0 Å². The lowest BCUT2D eigenvalue weighted by atomic mass is 9.98. The summed E-state index contributed by atoms with van der Waals surface area (Å²) < 4.78 is 6.59. The minimum Gasteiger partial charge on any atom is -0.486 e. The molecule has 4 rings (SSSR count). The van der Waals surface area contributed by atoms with Crippen LogP contribution in [0.15, 0.2) is 66.7 Å². The van der Waals surface area contributed by atoms with E-state index in [1.807, 2.05) is 59.0 Å². The number of amides is 4. The van der Waals surface area contributed by atoms with E-state index in [0.29, 0.717) is 53.6 Å². The van der Waals surface area contributed by atoms with Crippen LogP contribution in [-0.4, -0.2) is 77.7 Å². The maximum atomic E-state index is 13.7. The number of nitrogens with zero attached hydrogens (tertiary/aromatic N) is 2. The van der Waals surface area contributed by atoms with Gasteiger partial charge in [-0.25, -0.2) is 4.79 Å². The van der Waals surface area contributed by atoms with Crippen LogP contribution >= 0.6 is 0 Å². The molecule has 3 aromatic rings. The first-order chi connectivity index (χ1) is 21.5. The number of ether oxygens (including phenoxy) is 1. The topological polar surface area (TPSA) is 149 Å². The number of carbonyl (C=O) groups excluding carboxylic acids is 3. The van der Waals surface area contributed by atoms with Crippen LogP contribution < -0.4 is 26.4 Å². The van der Waals surface area contributed by atoms with Gasteiger partial charge in [-0.1, -0.05) is 37.3 Å². The highest BCUT2D eigenvalue weighted by atomic mass is 16.5. The first-order valence-electron chi connectivity index (χ1n) is 15.2. The number of likely N-dealkylation sites (N-methyl/N-ethyl adjacent to an activating group) is 1. The van der Waals surface area contributed by atoms with Gasteiger partial charge in [0.05, 0.1) is 35.3 Å². The Morgan fingerprint density at radius 3 is 2.38 bits per heavy atom. The first-order valence-corrected chi connectivity index (χ1v) is 15.2. The second-order valence-electron chi connectivity index (χ2n) is 12.0. The van der Waals surface area contributed by atoms with Crippen molar-refractivity contribution in [3.63, 3.8) is 0 Å². The number of aliphatic hydroxyl groups excluding tert-OH is 1. The largest absolute Gasteiger partial charge is 0.486 e. The molecule has 0 spiro atoms. The minimum atomic E-state index is -0.404. The lowest BCUT2D eigenvalue weighted by molar-refractivity contribution is 0.0343. The minimum absolute atomic E-state index is 0.0773. The molecular formula is C34H44N6O5. The van der Waals surface area contributed by atoms with Crippen molar-refractivity contribution in [2.45, 2.75) is 52.4 Å². The molecule has 240 valence electrons. The number of aliphatic hydroxyl groups is 1. The van der Waals surface area contributed by atoms with E-state index in [0.717, 1.165) is 5.56 Å². The lowest BCUT2D eigenvalue weighted by Crippen LogP contribution is -2.49. The van der Waals surface area contributed by atoms with E-state index in [-0.39, 0.29) is 36.5 Å². The van der Waals surface area contributed by atoms with Gasteiger partial charge in [0, 0.05) is 37.2 Å². The summed E-state index contributed by atoms with van der Waals surface area (Å²) in [6.07, 6.45) is -0.354. The molecule has 3 atom stereocenters. The van der Waals surface area contributed by atoms with Gasteiger partial charge < -0.3 is 36.4 Å². The number of hydrogen-bond donors (Lipinski definition) is 5. The molecule has 6 N–H and O–H groups in total. The Morgan fingerprint density at radius 2 is 1.71 bits per heavy atom. The van der Waals surface area contributed by atoms with Crippen LogP contribution in [0.1, 0.15) is 54.0 Å². The fraction of sp³-hybridized carbons (Fsp3) is 0.382. The van der Waals surface area contributed by atoms with Gasteiger partial charge in [0.2, 0.25) is 0 Å². The van der Waals surface area contributed by atoms with Gasteiger partial charge in [-0.2, -0.15) is 0 Å². The number of nitrogens with one attached hydrogen (secondary N) is 3. The van der Waals surface area contributed by atoms with E-state index in [1.54, 1.807) is 47.4 Å². The third-order valence-electron chi connectivity index (χ3n) is 7.73. The Hall–Kier alpha value is -4.61. The second-order valence-corrected chi connectivity index (χ2v) is 12.0. The highest BCUT2D eigenvalue weighted by Crippen LogP contribution is 2.35.